The maximum absolute atomic E-state index is 10.6. The predicted octanol–water partition coefficient (Wildman–Crippen LogP) is 2.73. The summed E-state index contributed by atoms with van der Waals surface area (Å²) in [6.45, 7) is 4.13. The van der Waals surface area contributed by atoms with Gasteiger partial charge >= 0.3 is 5.97 Å². The van der Waals surface area contributed by atoms with Crippen LogP contribution in [0.1, 0.15) is 37.9 Å². The van der Waals surface area contributed by atoms with E-state index < -0.39 is 5.97 Å². The Morgan fingerprint density at radius 3 is 3.00 bits per heavy atom. The molecule has 1 heterocycles. The highest BCUT2D eigenvalue weighted by Gasteiger charge is 2.25. The largest absolute Gasteiger partial charge is 0.481 e. The fraction of sp³-hybridized carbons (Fsp3) is 0.667. The highest BCUT2D eigenvalue weighted by atomic mass is 32.2. The third-order valence-electron chi connectivity index (χ3n) is 2.99. The van der Waals surface area contributed by atoms with Crippen LogP contribution in [0.4, 0.5) is 0 Å². The van der Waals surface area contributed by atoms with E-state index in [1.54, 1.807) is 0 Å². The van der Waals surface area contributed by atoms with E-state index >= 15 is 0 Å². The summed E-state index contributed by atoms with van der Waals surface area (Å²) in [5, 5.41) is 9.54. The molecule has 1 atom stereocenters. The molecule has 17 heavy (non-hydrogen) atoms. The number of carboxylic acid groups (broad SMARTS) is 1. The topological polar surface area (TPSA) is 55.1 Å². The molecule has 1 saturated carbocycles. The van der Waals surface area contributed by atoms with Crippen LogP contribution in [-0.4, -0.2) is 26.4 Å². The summed E-state index contributed by atoms with van der Waals surface area (Å²) < 4.78 is 2.13. The van der Waals surface area contributed by atoms with Gasteiger partial charge in [0.1, 0.15) is 0 Å². The Bertz CT molecular complexity index is 413. The first-order valence-electron chi connectivity index (χ1n) is 5.96. The van der Waals surface area contributed by atoms with Gasteiger partial charge in [-0.25, -0.2) is 4.98 Å². The van der Waals surface area contributed by atoms with Gasteiger partial charge < -0.3 is 9.67 Å². The molecule has 1 unspecified atom stereocenters. The standard InChI is InChI=1S/C12H18N2O2S/c1-8-6-14(9(2)5-10-3-4-10)12(13-8)17-7-11(15)16/h6,9-10H,3-5,7H2,1-2H3,(H,15,16). The maximum atomic E-state index is 10.6. The van der Waals surface area contributed by atoms with Crippen LogP contribution in [0.15, 0.2) is 11.4 Å². The lowest BCUT2D eigenvalue weighted by molar-refractivity contribution is -0.133. The van der Waals surface area contributed by atoms with Crippen LogP contribution in [0.3, 0.4) is 0 Å². The van der Waals surface area contributed by atoms with E-state index in [0.29, 0.717) is 6.04 Å². The first-order valence-corrected chi connectivity index (χ1v) is 6.95. The van der Waals surface area contributed by atoms with E-state index in [9.17, 15) is 4.79 Å². The monoisotopic (exact) mass is 254 g/mol. The van der Waals surface area contributed by atoms with Crippen LogP contribution < -0.4 is 0 Å². The number of hydrogen-bond donors (Lipinski definition) is 1. The SMILES string of the molecule is Cc1cn(C(C)CC2CC2)c(SCC(=O)O)n1. The summed E-state index contributed by atoms with van der Waals surface area (Å²) in [6.07, 6.45) is 5.89. The molecule has 1 aliphatic rings. The number of carboxylic acids is 1. The van der Waals surface area contributed by atoms with Gasteiger partial charge in [0.25, 0.3) is 0 Å². The third-order valence-corrected chi connectivity index (χ3v) is 3.94. The molecule has 5 heteroatoms. The molecular formula is C12H18N2O2S. The van der Waals surface area contributed by atoms with Crippen molar-refractivity contribution < 1.29 is 9.90 Å². The molecule has 2 rings (SSSR count). The molecule has 94 valence electrons. The molecule has 0 spiro atoms. The van der Waals surface area contributed by atoms with Gasteiger partial charge in [0.2, 0.25) is 0 Å². The fourth-order valence-corrected chi connectivity index (χ4v) is 2.84. The molecule has 0 aliphatic heterocycles. The van der Waals surface area contributed by atoms with Crippen LogP contribution in [-0.2, 0) is 4.79 Å². The summed E-state index contributed by atoms with van der Waals surface area (Å²) in [7, 11) is 0. The lowest BCUT2D eigenvalue weighted by Crippen LogP contribution is -2.08. The molecule has 0 aromatic carbocycles. The van der Waals surface area contributed by atoms with Gasteiger partial charge in [0.05, 0.1) is 11.4 Å². The number of thioether (sulfide) groups is 1. The van der Waals surface area contributed by atoms with E-state index in [4.69, 9.17) is 5.11 Å². The molecule has 0 bridgehead atoms. The number of aliphatic carboxylic acids is 1. The quantitative estimate of drug-likeness (QED) is 0.793. The number of aromatic nitrogens is 2. The van der Waals surface area contributed by atoms with Crippen LogP contribution in [0, 0.1) is 12.8 Å². The van der Waals surface area contributed by atoms with Gasteiger partial charge in [-0.1, -0.05) is 24.6 Å². The van der Waals surface area contributed by atoms with Gasteiger partial charge in [-0.2, -0.15) is 0 Å². The minimum atomic E-state index is -0.794. The maximum Gasteiger partial charge on any atom is 0.313 e. The van der Waals surface area contributed by atoms with Crippen molar-refractivity contribution in [1.29, 1.82) is 0 Å². The Hall–Kier alpha value is -0.970. The van der Waals surface area contributed by atoms with Crippen molar-refractivity contribution in [2.75, 3.05) is 5.75 Å². The minimum Gasteiger partial charge on any atom is -0.481 e. The molecular weight excluding hydrogens is 236 g/mol. The van der Waals surface area contributed by atoms with Crippen molar-refractivity contribution in [1.82, 2.24) is 9.55 Å². The number of imidazole rings is 1. The van der Waals surface area contributed by atoms with Gasteiger partial charge in [-0.3, -0.25) is 4.79 Å². The average Bonchev–Trinajstić information content (AvgIpc) is 2.97. The summed E-state index contributed by atoms with van der Waals surface area (Å²) >= 11 is 1.30. The Balaban J connectivity index is 2.05. The number of hydrogen-bond acceptors (Lipinski definition) is 3. The molecule has 0 radical (unpaired) electrons. The fourth-order valence-electron chi connectivity index (χ4n) is 1.99. The lowest BCUT2D eigenvalue weighted by atomic mass is 10.1. The van der Waals surface area contributed by atoms with Crippen LogP contribution >= 0.6 is 11.8 Å². The van der Waals surface area contributed by atoms with Crippen molar-refractivity contribution in [3.8, 4) is 0 Å². The molecule has 4 nitrogen and oxygen atoms in total. The Morgan fingerprint density at radius 2 is 2.41 bits per heavy atom. The first-order chi connectivity index (χ1) is 8.06. The van der Waals surface area contributed by atoms with E-state index in [1.807, 2.05) is 13.1 Å². The minimum absolute atomic E-state index is 0.0760. The third kappa shape index (κ3) is 3.49. The molecule has 1 fully saturated rings. The average molecular weight is 254 g/mol. The first kappa shape index (κ1) is 12.5. The smallest absolute Gasteiger partial charge is 0.313 e. The van der Waals surface area contributed by atoms with Crippen molar-refractivity contribution >= 4 is 17.7 Å². The van der Waals surface area contributed by atoms with Gasteiger partial charge in [0, 0.05) is 12.2 Å². The Kier molecular flexibility index (Phi) is 3.76. The highest BCUT2D eigenvalue weighted by Crippen LogP contribution is 2.37. The van der Waals surface area contributed by atoms with Crippen molar-refractivity contribution in [3.05, 3.63) is 11.9 Å². The molecule has 1 N–H and O–H groups in total. The second-order valence-electron chi connectivity index (χ2n) is 4.78. The van der Waals surface area contributed by atoms with Gasteiger partial charge in [-0.15, -0.1) is 0 Å². The molecule has 0 amide bonds. The lowest BCUT2D eigenvalue weighted by Gasteiger charge is -2.15. The number of rotatable bonds is 6. The summed E-state index contributed by atoms with van der Waals surface area (Å²) in [5.74, 6) is 0.147. The zero-order valence-corrected chi connectivity index (χ0v) is 11.0. The molecule has 1 aromatic heterocycles. The molecule has 1 aromatic rings. The number of carbonyl (C=O) groups is 1. The highest BCUT2D eigenvalue weighted by molar-refractivity contribution is 7.99. The van der Waals surface area contributed by atoms with Crippen LogP contribution in [0.25, 0.3) is 0 Å². The Labute approximate surface area is 105 Å². The van der Waals surface area contributed by atoms with Crippen LogP contribution in [0.2, 0.25) is 0 Å². The summed E-state index contributed by atoms with van der Waals surface area (Å²) in [6, 6.07) is 0.417. The van der Waals surface area contributed by atoms with Gasteiger partial charge in [0.15, 0.2) is 5.16 Å². The second-order valence-corrected chi connectivity index (χ2v) is 5.73. The van der Waals surface area contributed by atoms with Crippen molar-refractivity contribution in [2.24, 2.45) is 5.92 Å². The molecule has 0 saturated heterocycles. The predicted molar refractivity (Wildman–Crippen MR) is 67.4 cm³/mol. The Morgan fingerprint density at radius 1 is 1.71 bits per heavy atom. The summed E-state index contributed by atoms with van der Waals surface area (Å²) in [5.41, 5.74) is 0.959. The zero-order valence-electron chi connectivity index (χ0n) is 10.2. The normalized spacial score (nSPS) is 17.1. The van der Waals surface area contributed by atoms with E-state index in [0.717, 1.165) is 16.8 Å². The van der Waals surface area contributed by atoms with Gasteiger partial charge in [-0.05, 0) is 26.2 Å². The summed E-state index contributed by atoms with van der Waals surface area (Å²) in [4.78, 5) is 15.0. The van der Waals surface area contributed by atoms with E-state index in [2.05, 4.69) is 16.5 Å². The number of aryl methyl sites for hydroxylation is 1. The van der Waals surface area contributed by atoms with E-state index in [1.165, 1.54) is 31.0 Å². The second kappa shape index (κ2) is 5.12. The number of nitrogens with zero attached hydrogens (tertiary/aromatic N) is 2. The van der Waals surface area contributed by atoms with Crippen LogP contribution in [0.5, 0.6) is 0 Å². The zero-order chi connectivity index (χ0) is 12.4. The van der Waals surface area contributed by atoms with E-state index in [-0.39, 0.29) is 5.75 Å². The van der Waals surface area contributed by atoms with Crippen molar-refractivity contribution in [3.63, 3.8) is 0 Å². The van der Waals surface area contributed by atoms with Crippen molar-refractivity contribution in [2.45, 2.75) is 44.3 Å². The molecule has 1 aliphatic carbocycles.